The standard InChI is InChI=1S/C15H21FO2/c1-10-6-5-9-15(3,4)12(10)8-7-11(2)13(16)14(17)18/h6-8,12H,5,9H2,1-4H3,(H,17,18)/b8-7+,13-11-. The highest BCUT2D eigenvalue weighted by Crippen LogP contribution is 2.41. The molecule has 0 fully saturated rings. The molecule has 0 spiro atoms. The number of rotatable bonds is 3. The summed E-state index contributed by atoms with van der Waals surface area (Å²) in [6, 6.07) is 0. The lowest BCUT2D eigenvalue weighted by Crippen LogP contribution is -2.26. The van der Waals surface area contributed by atoms with Gasteiger partial charge in [0.2, 0.25) is 5.83 Å². The van der Waals surface area contributed by atoms with Crippen LogP contribution in [-0.4, -0.2) is 11.1 Å². The average Bonchev–Trinajstić information content (AvgIpc) is 2.25. The van der Waals surface area contributed by atoms with Gasteiger partial charge in [-0.3, -0.25) is 0 Å². The van der Waals surface area contributed by atoms with Crippen LogP contribution in [0, 0.1) is 11.3 Å². The molecule has 0 aliphatic heterocycles. The van der Waals surface area contributed by atoms with E-state index in [-0.39, 0.29) is 16.9 Å². The molecule has 0 saturated heterocycles. The normalized spacial score (nSPS) is 24.7. The lowest BCUT2D eigenvalue weighted by molar-refractivity contribution is -0.134. The number of aliphatic carboxylic acids is 1. The van der Waals surface area contributed by atoms with Gasteiger partial charge in [0.05, 0.1) is 0 Å². The molecule has 0 heterocycles. The molecule has 1 aliphatic rings. The zero-order chi connectivity index (χ0) is 13.9. The summed E-state index contributed by atoms with van der Waals surface area (Å²) in [6.45, 7) is 7.92. The molecule has 0 radical (unpaired) electrons. The summed E-state index contributed by atoms with van der Waals surface area (Å²) in [5.74, 6) is -2.35. The maximum absolute atomic E-state index is 13.2. The monoisotopic (exact) mass is 252 g/mol. The third-order valence-electron chi connectivity index (χ3n) is 3.66. The van der Waals surface area contributed by atoms with Gasteiger partial charge in [0.25, 0.3) is 0 Å². The van der Waals surface area contributed by atoms with Gasteiger partial charge < -0.3 is 5.11 Å². The Labute approximate surface area is 108 Å². The Morgan fingerprint density at radius 2 is 2.17 bits per heavy atom. The van der Waals surface area contributed by atoms with E-state index < -0.39 is 11.8 Å². The molecule has 1 atom stereocenters. The summed E-state index contributed by atoms with van der Waals surface area (Å²) in [6.07, 6.45) is 7.86. The van der Waals surface area contributed by atoms with E-state index in [4.69, 9.17) is 5.11 Å². The van der Waals surface area contributed by atoms with E-state index >= 15 is 0 Å². The molecule has 3 heteroatoms. The van der Waals surface area contributed by atoms with E-state index in [1.54, 1.807) is 6.08 Å². The number of hydrogen-bond donors (Lipinski definition) is 1. The molecule has 0 amide bonds. The number of carboxylic acids is 1. The summed E-state index contributed by atoms with van der Waals surface area (Å²) >= 11 is 0. The first-order valence-corrected chi connectivity index (χ1v) is 6.20. The van der Waals surface area contributed by atoms with Gasteiger partial charge in [-0.05, 0) is 37.7 Å². The Kier molecular flexibility index (Phi) is 4.49. The van der Waals surface area contributed by atoms with Crippen molar-refractivity contribution in [1.29, 1.82) is 0 Å². The smallest absolute Gasteiger partial charge is 0.365 e. The van der Waals surface area contributed by atoms with Gasteiger partial charge >= 0.3 is 5.97 Å². The van der Waals surface area contributed by atoms with Gasteiger partial charge in [-0.15, -0.1) is 0 Å². The minimum absolute atomic E-state index is 0.134. The first kappa shape index (κ1) is 14.7. The topological polar surface area (TPSA) is 37.3 Å². The van der Waals surface area contributed by atoms with Crippen LogP contribution < -0.4 is 0 Å². The van der Waals surface area contributed by atoms with E-state index in [0.717, 1.165) is 12.8 Å². The van der Waals surface area contributed by atoms with Crippen molar-refractivity contribution in [2.75, 3.05) is 0 Å². The average molecular weight is 252 g/mol. The minimum Gasteiger partial charge on any atom is -0.476 e. The molecular weight excluding hydrogens is 231 g/mol. The van der Waals surface area contributed by atoms with E-state index in [1.165, 1.54) is 12.5 Å². The molecule has 1 unspecified atom stereocenters. The van der Waals surface area contributed by atoms with Gasteiger partial charge in [0.15, 0.2) is 0 Å². The maximum atomic E-state index is 13.2. The molecule has 1 rings (SSSR count). The minimum atomic E-state index is -1.51. The van der Waals surface area contributed by atoms with Crippen LogP contribution in [0.5, 0.6) is 0 Å². The summed E-state index contributed by atoms with van der Waals surface area (Å²) in [5, 5.41) is 8.57. The largest absolute Gasteiger partial charge is 0.476 e. The van der Waals surface area contributed by atoms with Crippen LogP contribution in [0.4, 0.5) is 4.39 Å². The fourth-order valence-electron chi connectivity index (χ4n) is 2.47. The molecule has 0 bridgehead atoms. The third-order valence-corrected chi connectivity index (χ3v) is 3.66. The first-order chi connectivity index (χ1) is 8.25. The Hall–Kier alpha value is -1.38. The fraction of sp³-hybridized carbons (Fsp3) is 0.533. The Morgan fingerprint density at radius 3 is 2.67 bits per heavy atom. The van der Waals surface area contributed by atoms with E-state index in [0.29, 0.717) is 0 Å². The van der Waals surface area contributed by atoms with Crippen molar-refractivity contribution in [3.8, 4) is 0 Å². The molecule has 100 valence electrons. The summed E-state index contributed by atoms with van der Waals surface area (Å²) in [4.78, 5) is 10.5. The Balaban J connectivity index is 2.96. The van der Waals surface area contributed by atoms with Crippen molar-refractivity contribution >= 4 is 5.97 Å². The Morgan fingerprint density at radius 1 is 1.56 bits per heavy atom. The van der Waals surface area contributed by atoms with Crippen LogP contribution in [0.2, 0.25) is 0 Å². The van der Waals surface area contributed by atoms with Crippen molar-refractivity contribution in [2.45, 2.75) is 40.5 Å². The molecule has 0 aromatic heterocycles. The van der Waals surface area contributed by atoms with Gasteiger partial charge in [0, 0.05) is 5.92 Å². The maximum Gasteiger partial charge on any atom is 0.365 e. The summed E-state index contributed by atoms with van der Waals surface area (Å²) < 4.78 is 13.2. The first-order valence-electron chi connectivity index (χ1n) is 6.20. The number of allylic oxidation sites excluding steroid dienone is 5. The van der Waals surface area contributed by atoms with Crippen LogP contribution in [0.25, 0.3) is 0 Å². The van der Waals surface area contributed by atoms with E-state index in [1.807, 2.05) is 6.08 Å². The molecular formula is C15H21FO2. The molecule has 2 nitrogen and oxygen atoms in total. The zero-order valence-electron chi connectivity index (χ0n) is 11.5. The lowest BCUT2D eigenvalue weighted by Gasteiger charge is -2.36. The molecule has 1 aliphatic carbocycles. The highest BCUT2D eigenvalue weighted by molar-refractivity contribution is 5.85. The molecule has 1 N–H and O–H groups in total. The fourth-order valence-corrected chi connectivity index (χ4v) is 2.47. The van der Waals surface area contributed by atoms with Gasteiger partial charge in [0.1, 0.15) is 0 Å². The second kappa shape index (κ2) is 5.51. The van der Waals surface area contributed by atoms with Crippen LogP contribution in [0.15, 0.2) is 35.2 Å². The number of carbonyl (C=O) groups is 1. The SMILES string of the molecule is CC1=CCCC(C)(C)C1/C=C/C(C)=C(\F)C(=O)O. The number of halogens is 1. The van der Waals surface area contributed by atoms with Gasteiger partial charge in [-0.25, -0.2) is 4.79 Å². The van der Waals surface area contributed by atoms with Crippen molar-refractivity contribution in [2.24, 2.45) is 11.3 Å². The lowest BCUT2D eigenvalue weighted by atomic mass is 9.68. The summed E-state index contributed by atoms with van der Waals surface area (Å²) in [5.41, 5.74) is 1.57. The van der Waals surface area contributed by atoms with Crippen LogP contribution in [0.3, 0.4) is 0 Å². The second-order valence-corrected chi connectivity index (χ2v) is 5.61. The van der Waals surface area contributed by atoms with Crippen molar-refractivity contribution in [1.82, 2.24) is 0 Å². The van der Waals surface area contributed by atoms with Crippen molar-refractivity contribution in [3.05, 3.63) is 35.2 Å². The molecule has 0 saturated carbocycles. The molecule has 18 heavy (non-hydrogen) atoms. The predicted octanol–water partition coefficient (Wildman–Crippen LogP) is 4.25. The predicted molar refractivity (Wildman–Crippen MR) is 70.8 cm³/mol. The van der Waals surface area contributed by atoms with Crippen molar-refractivity contribution < 1.29 is 14.3 Å². The third kappa shape index (κ3) is 3.31. The summed E-state index contributed by atoms with van der Waals surface area (Å²) in [7, 11) is 0. The van der Waals surface area contributed by atoms with Gasteiger partial charge in [-0.1, -0.05) is 37.6 Å². The highest BCUT2D eigenvalue weighted by atomic mass is 19.1. The van der Waals surface area contributed by atoms with Crippen LogP contribution in [0.1, 0.15) is 40.5 Å². The quantitative estimate of drug-likeness (QED) is 0.463. The van der Waals surface area contributed by atoms with Crippen LogP contribution >= 0.6 is 0 Å². The number of hydrogen-bond acceptors (Lipinski definition) is 1. The second-order valence-electron chi connectivity index (χ2n) is 5.61. The van der Waals surface area contributed by atoms with Crippen LogP contribution in [-0.2, 0) is 4.79 Å². The van der Waals surface area contributed by atoms with E-state index in [9.17, 15) is 9.18 Å². The Bertz CT molecular complexity index is 428. The van der Waals surface area contributed by atoms with Gasteiger partial charge in [-0.2, -0.15) is 4.39 Å². The molecule has 0 aromatic rings. The number of carboxylic acid groups (broad SMARTS) is 1. The van der Waals surface area contributed by atoms with Crippen molar-refractivity contribution in [3.63, 3.8) is 0 Å². The van der Waals surface area contributed by atoms with E-state index in [2.05, 4.69) is 26.8 Å². The zero-order valence-corrected chi connectivity index (χ0v) is 11.5. The molecule has 0 aromatic carbocycles. The highest BCUT2D eigenvalue weighted by Gasteiger charge is 2.30.